The lowest BCUT2D eigenvalue weighted by molar-refractivity contribution is -0.138. The van der Waals surface area contributed by atoms with E-state index in [1.807, 2.05) is 13.8 Å². The summed E-state index contributed by atoms with van der Waals surface area (Å²) in [5, 5.41) is 0. The van der Waals surface area contributed by atoms with Crippen LogP contribution >= 0.6 is 0 Å². The van der Waals surface area contributed by atoms with E-state index in [9.17, 15) is 27.6 Å². The highest BCUT2D eigenvalue weighted by atomic mass is 19.4. The van der Waals surface area contributed by atoms with Crippen molar-refractivity contribution in [1.29, 1.82) is 0 Å². The Kier molecular flexibility index (Phi) is 5.86. The molecule has 2 aliphatic rings. The molecule has 1 unspecified atom stereocenters. The third-order valence-electron chi connectivity index (χ3n) is 5.47. The number of halogens is 3. The number of rotatable bonds is 3. The van der Waals surface area contributed by atoms with Crippen LogP contribution < -0.4 is 0 Å². The van der Waals surface area contributed by atoms with Crippen molar-refractivity contribution in [3.05, 3.63) is 35.4 Å². The van der Waals surface area contributed by atoms with Crippen molar-refractivity contribution in [2.75, 3.05) is 32.7 Å². The minimum atomic E-state index is -4.44. The molecule has 0 aliphatic carbocycles. The van der Waals surface area contributed by atoms with Crippen molar-refractivity contribution in [3.63, 3.8) is 0 Å². The van der Waals surface area contributed by atoms with E-state index in [0.717, 1.165) is 12.1 Å². The van der Waals surface area contributed by atoms with Crippen molar-refractivity contribution in [2.45, 2.75) is 32.5 Å². The molecule has 2 aliphatic heterocycles. The molecule has 2 heterocycles. The summed E-state index contributed by atoms with van der Waals surface area (Å²) in [6, 6.07) is 4.19. The third-order valence-corrected chi connectivity index (χ3v) is 5.47. The molecule has 0 aromatic heterocycles. The zero-order valence-corrected chi connectivity index (χ0v) is 16.4. The fraction of sp³-hybridized carbons (Fsp3) is 0.550. The molecule has 1 atom stereocenters. The second-order valence-electron chi connectivity index (χ2n) is 7.73. The Bertz CT molecular complexity index is 784. The summed E-state index contributed by atoms with van der Waals surface area (Å²) in [5.41, 5.74) is -0.613. The SMILES string of the molecule is CC(C)N1CC(C(=O)N2CCN(C(=O)c3ccc(C(F)(F)F)cc3)CC2)CC1=O. The molecule has 9 heteroatoms. The summed E-state index contributed by atoms with van der Waals surface area (Å²) >= 11 is 0. The number of hydrogen-bond donors (Lipinski definition) is 0. The second kappa shape index (κ2) is 8.04. The third kappa shape index (κ3) is 4.54. The lowest BCUT2D eigenvalue weighted by Gasteiger charge is -2.36. The Morgan fingerprint density at radius 2 is 1.55 bits per heavy atom. The van der Waals surface area contributed by atoms with Gasteiger partial charge in [-0.2, -0.15) is 13.2 Å². The van der Waals surface area contributed by atoms with Crippen molar-refractivity contribution in [2.24, 2.45) is 5.92 Å². The molecule has 2 saturated heterocycles. The van der Waals surface area contributed by atoms with E-state index >= 15 is 0 Å². The lowest BCUT2D eigenvalue weighted by atomic mass is 10.1. The largest absolute Gasteiger partial charge is 0.416 e. The van der Waals surface area contributed by atoms with Gasteiger partial charge >= 0.3 is 6.18 Å². The molecule has 1 aromatic carbocycles. The van der Waals surface area contributed by atoms with Gasteiger partial charge in [0.1, 0.15) is 0 Å². The highest BCUT2D eigenvalue weighted by Crippen LogP contribution is 2.29. The Labute approximate surface area is 167 Å². The first-order valence-corrected chi connectivity index (χ1v) is 9.62. The van der Waals surface area contributed by atoms with Gasteiger partial charge < -0.3 is 14.7 Å². The van der Waals surface area contributed by atoms with Crippen LogP contribution in [0.4, 0.5) is 13.2 Å². The van der Waals surface area contributed by atoms with Crippen molar-refractivity contribution in [1.82, 2.24) is 14.7 Å². The number of piperazine rings is 1. The summed E-state index contributed by atoms with van der Waals surface area (Å²) < 4.78 is 38.0. The lowest BCUT2D eigenvalue weighted by Crippen LogP contribution is -2.52. The molecule has 0 spiro atoms. The van der Waals surface area contributed by atoms with Gasteiger partial charge in [-0.1, -0.05) is 0 Å². The maximum Gasteiger partial charge on any atom is 0.416 e. The fourth-order valence-electron chi connectivity index (χ4n) is 3.77. The number of nitrogens with zero attached hydrogens (tertiary/aromatic N) is 3. The predicted molar refractivity (Wildman–Crippen MR) is 98.9 cm³/mol. The first-order valence-electron chi connectivity index (χ1n) is 9.62. The molecule has 0 bridgehead atoms. The highest BCUT2D eigenvalue weighted by molar-refractivity contribution is 5.94. The molecular formula is C20H24F3N3O3. The number of hydrogen-bond acceptors (Lipinski definition) is 3. The second-order valence-corrected chi connectivity index (χ2v) is 7.73. The van der Waals surface area contributed by atoms with E-state index in [4.69, 9.17) is 0 Å². The molecule has 2 fully saturated rings. The molecule has 0 radical (unpaired) electrons. The maximum absolute atomic E-state index is 12.7. The topological polar surface area (TPSA) is 60.9 Å². The molecule has 29 heavy (non-hydrogen) atoms. The van der Waals surface area contributed by atoms with Crippen molar-refractivity contribution in [3.8, 4) is 0 Å². The van der Waals surface area contributed by atoms with Crippen molar-refractivity contribution >= 4 is 17.7 Å². The van der Waals surface area contributed by atoms with Gasteiger partial charge in [-0.15, -0.1) is 0 Å². The molecule has 3 amide bonds. The van der Waals surface area contributed by atoms with Gasteiger partial charge in [0.2, 0.25) is 11.8 Å². The summed E-state index contributed by atoms with van der Waals surface area (Å²) in [4.78, 5) is 42.2. The number of carbonyl (C=O) groups excluding carboxylic acids is 3. The molecule has 158 valence electrons. The van der Waals surface area contributed by atoms with Gasteiger partial charge in [0, 0.05) is 50.7 Å². The van der Waals surface area contributed by atoms with Crippen molar-refractivity contribution < 1.29 is 27.6 Å². The minimum absolute atomic E-state index is 0.0190. The monoisotopic (exact) mass is 411 g/mol. The van der Waals surface area contributed by atoms with Gasteiger partial charge in [0.25, 0.3) is 5.91 Å². The molecule has 0 N–H and O–H groups in total. The van der Waals surface area contributed by atoms with E-state index < -0.39 is 11.7 Å². The first-order chi connectivity index (χ1) is 13.6. The average Bonchev–Trinajstić information content (AvgIpc) is 3.08. The average molecular weight is 411 g/mol. The Morgan fingerprint density at radius 3 is 2.03 bits per heavy atom. The predicted octanol–water partition coefficient (Wildman–Crippen LogP) is 2.25. The Hall–Kier alpha value is -2.58. The van der Waals surface area contributed by atoms with Crippen LogP contribution in [0.15, 0.2) is 24.3 Å². The Morgan fingerprint density at radius 1 is 1.00 bits per heavy atom. The summed E-state index contributed by atoms with van der Waals surface area (Å²) in [5.74, 6) is -0.812. The van der Waals surface area contributed by atoms with Crippen LogP contribution in [-0.4, -0.2) is 71.2 Å². The highest BCUT2D eigenvalue weighted by Gasteiger charge is 2.38. The van der Waals surface area contributed by atoms with Gasteiger partial charge in [-0.05, 0) is 38.1 Å². The smallest absolute Gasteiger partial charge is 0.339 e. The first kappa shape index (κ1) is 21.1. The molecule has 1 aromatic rings. The molecule has 0 saturated carbocycles. The van der Waals surface area contributed by atoms with E-state index in [-0.39, 0.29) is 41.7 Å². The fourth-order valence-corrected chi connectivity index (χ4v) is 3.77. The van der Waals surface area contributed by atoms with Gasteiger partial charge in [0.15, 0.2) is 0 Å². The van der Waals surface area contributed by atoms with Crippen LogP contribution in [0.25, 0.3) is 0 Å². The van der Waals surface area contributed by atoms with Crippen LogP contribution in [0.3, 0.4) is 0 Å². The summed E-state index contributed by atoms with van der Waals surface area (Å²) in [7, 11) is 0. The van der Waals surface area contributed by atoms with E-state index in [1.165, 1.54) is 17.0 Å². The number of likely N-dealkylation sites (tertiary alicyclic amines) is 1. The van der Waals surface area contributed by atoms with E-state index in [2.05, 4.69) is 0 Å². The normalized spacial score (nSPS) is 20.6. The molecule has 3 rings (SSSR count). The van der Waals surface area contributed by atoms with Crippen LogP contribution in [0.5, 0.6) is 0 Å². The van der Waals surface area contributed by atoms with Gasteiger partial charge in [0.05, 0.1) is 11.5 Å². The number of carbonyl (C=O) groups is 3. The van der Waals surface area contributed by atoms with E-state index in [1.54, 1.807) is 9.80 Å². The minimum Gasteiger partial charge on any atom is -0.339 e. The maximum atomic E-state index is 12.7. The van der Waals surface area contributed by atoms with Crippen LogP contribution in [-0.2, 0) is 15.8 Å². The van der Waals surface area contributed by atoms with Crippen LogP contribution in [0.2, 0.25) is 0 Å². The number of amides is 3. The van der Waals surface area contributed by atoms with Crippen LogP contribution in [0.1, 0.15) is 36.2 Å². The zero-order valence-electron chi connectivity index (χ0n) is 16.4. The molecule has 6 nitrogen and oxygen atoms in total. The summed E-state index contributed by atoms with van der Waals surface area (Å²) in [6.45, 7) is 5.54. The zero-order chi connectivity index (χ0) is 21.3. The number of alkyl halides is 3. The van der Waals surface area contributed by atoms with Crippen LogP contribution in [0, 0.1) is 5.92 Å². The van der Waals surface area contributed by atoms with Gasteiger partial charge in [-0.3, -0.25) is 14.4 Å². The van der Waals surface area contributed by atoms with E-state index in [0.29, 0.717) is 32.7 Å². The summed E-state index contributed by atoms with van der Waals surface area (Å²) in [6.07, 6.45) is -4.23. The van der Waals surface area contributed by atoms with Gasteiger partial charge in [-0.25, -0.2) is 0 Å². The quantitative estimate of drug-likeness (QED) is 0.767. The Balaban J connectivity index is 1.55. The number of benzene rings is 1. The molecular weight excluding hydrogens is 387 g/mol. The standard InChI is InChI=1S/C20H24F3N3O3/c1-13(2)26-12-15(11-17(26)27)19(29)25-9-7-24(8-10-25)18(28)14-3-5-16(6-4-14)20(21,22)23/h3-6,13,15H,7-12H2,1-2H3.